The predicted molar refractivity (Wildman–Crippen MR) is 85.6 cm³/mol. The van der Waals surface area contributed by atoms with E-state index in [9.17, 15) is 9.59 Å². The lowest BCUT2D eigenvalue weighted by molar-refractivity contribution is -0.151. The average Bonchev–Trinajstić information content (AvgIpc) is 2.44. The van der Waals surface area contributed by atoms with E-state index >= 15 is 0 Å². The van der Waals surface area contributed by atoms with Gasteiger partial charge in [-0.25, -0.2) is 0 Å². The molecule has 1 aromatic rings. The quantitative estimate of drug-likeness (QED) is 0.839. The smallest absolute Gasteiger partial charge is 0.306 e. The normalized spacial score (nSPS) is 19.6. The molecule has 0 saturated heterocycles. The second-order valence-corrected chi connectivity index (χ2v) is 5.95. The van der Waals surface area contributed by atoms with Crippen LogP contribution in [-0.4, -0.2) is 23.7 Å². The molecular weight excluding hydrogens is 280 g/mol. The van der Waals surface area contributed by atoms with Gasteiger partial charge in [-0.1, -0.05) is 44.2 Å². The first kappa shape index (κ1) is 18.2. The van der Waals surface area contributed by atoms with Crippen LogP contribution in [0.4, 0.5) is 0 Å². The molecule has 1 aliphatic rings. The Kier molecular flexibility index (Phi) is 7.64. The number of ether oxygens (including phenoxy) is 1. The van der Waals surface area contributed by atoms with E-state index in [-0.39, 0.29) is 17.8 Å². The van der Waals surface area contributed by atoms with Crippen molar-refractivity contribution in [1.29, 1.82) is 0 Å². The summed E-state index contributed by atoms with van der Waals surface area (Å²) in [7, 11) is 0. The number of esters is 1. The van der Waals surface area contributed by atoms with Crippen LogP contribution in [0.15, 0.2) is 30.3 Å². The van der Waals surface area contributed by atoms with Crippen LogP contribution in [0.25, 0.3) is 0 Å². The van der Waals surface area contributed by atoms with E-state index in [1.54, 1.807) is 6.92 Å². The van der Waals surface area contributed by atoms with E-state index in [0.717, 1.165) is 0 Å². The Labute approximate surface area is 132 Å². The molecule has 4 nitrogen and oxygen atoms in total. The van der Waals surface area contributed by atoms with Gasteiger partial charge in [-0.3, -0.25) is 9.59 Å². The lowest BCUT2D eigenvalue weighted by Crippen LogP contribution is -2.31. The second-order valence-electron chi connectivity index (χ2n) is 5.95. The van der Waals surface area contributed by atoms with Gasteiger partial charge in [0.15, 0.2) is 0 Å². The molecule has 1 fully saturated rings. The van der Waals surface area contributed by atoms with E-state index < -0.39 is 5.97 Å². The predicted octanol–water partition coefficient (Wildman–Crippen LogP) is 3.86. The van der Waals surface area contributed by atoms with Crippen LogP contribution < -0.4 is 0 Å². The molecule has 0 spiro atoms. The zero-order valence-corrected chi connectivity index (χ0v) is 13.6. The SMILES string of the molecule is CC(C)c1ccccc1.CCOC(=O)CC1CC(C(=O)O)C1. The number of carboxylic acids is 1. The van der Waals surface area contributed by atoms with Crippen LogP contribution in [0.2, 0.25) is 0 Å². The third-order valence-electron chi connectivity index (χ3n) is 3.81. The Balaban J connectivity index is 0.000000235. The number of benzene rings is 1. The highest BCUT2D eigenvalue weighted by Gasteiger charge is 2.35. The van der Waals surface area contributed by atoms with Gasteiger partial charge in [0.1, 0.15) is 0 Å². The van der Waals surface area contributed by atoms with Gasteiger partial charge in [-0.2, -0.15) is 0 Å². The number of hydrogen-bond donors (Lipinski definition) is 1. The van der Waals surface area contributed by atoms with Crippen LogP contribution >= 0.6 is 0 Å². The topological polar surface area (TPSA) is 63.6 Å². The largest absolute Gasteiger partial charge is 0.481 e. The molecule has 0 unspecified atom stereocenters. The molecule has 1 aliphatic carbocycles. The number of carbonyl (C=O) groups is 2. The van der Waals surface area contributed by atoms with Crippen molar-refractivity contribution in [1.82, 2.24) is 0 Å². The third kappa shape index (κ3) is 6.29. The first-order valence-corrected chi connectivity index (χ1v) is 7.87. The summed E-state index contributed by atoms with van der Waals surface area (Å²) in [5.74, 6) is -0.317. The maximum atomic E-state index is 11.0. The van der Waals surface area contributed by atoms with Gasteiger partial charge >= 0.3 is 11.9 Å². The summed E-state index contributed by atoms with van der Waals surface area (Å²) in [5.41, 5.74) is 1.41. The van der Waals surface area contributed by atoms with Crippen molar-refractivity contribution in [3.8, 4) is 0 Å². The van der Waals surface area contributed by atoms with Gasteiger partial charge in [0, 0.05) is 6.42 Å². The molecule has 22 heavy (non-hydrogen) atoms. The fraction of sp³-hybridized carbons (Fsp3) is 0.556. The molecular formula is C18H26O4. The Morgan fingerprint density at radius 3 is 2.23 bits per heavy atom. The first-order chi connectivity index (χ1) is 10.4. The Bertz CT molecular complexity index is 461. The van der Waals surface area contributed by atoms with Crippen molar-refractivity contribution in [3.63, 3.8) is 0 Å². The molecule has 1 aromatic carbocycles. The summed E-state index contributed by atoms with van der Waals surface area (Å²) in [6.45, 7) is 6.57. The van der Waals surface area contributed by atoms with Crippen molar-refractivity contribution in [2.24, 2.45) is 11.8 Å². The second kappa shape index (κ2) is 9.23. The summed E-state index contributed by atoms with van der Waals surface area (Å²) in [5, 5.41) is 8.57. The molecule has 0 radical (unpaired) electrons. The van der Waals surface area contributed by atoms with E-state index in [1.807, 2.05) is 6.07 Å². The lowest BCUT2D eigenvalue weighted by atomic mass is 9.73. The Hall–Kier alpha value is -1.84. The van der Waals surface area contributed by atoms with Gasteiger partial charge < -0.3 is 9.84 Å². The number of hydrogen-bond acceptors (Lipinski definition) is 3. The van der Waals surface area contributed by atoms with Crippen molar-refractivity contribution in [2.45, 2.75) is 46.0 Å². The number of carboxylic acid groups (broad SMARTS) is 1. The van der Waals surface area contributed by atoms with Crippen molar-refractivity contribution >= 4 is 11.9 Å². The monoisotopic (exact) mass is 306 g/mol. The molecule has 0 aliphatic heterocycles. The molecule has 122 valence electrons. The molecule has 4 heteroatoms. The van der Waals surface area contributed by atoms with Gasteiger partial charge in [0.2, 0.25) is 0 Å². The minimum Gasteiger partial charge on any atom is -0.481 e. The highest BCUT2D eigenvalue weighted by atomic mass is 16.5. The molecule has 0 heterocycles. The van der Waals surface area contributed by atoms with Crippen molar-refractivity contribution in [3.05, 3.63) is 35.9 Å². The summed E-state index contributed by atoms with van der Waals surface area (Å²) in [6.07, 6.45) is 1.61. The number of aliphatic carboxylic acids is 1. The van der Waals surface area contributed by atoms with E-state index in [1.165, 1.54) is 5.56 Å². The van der Waals surface area contributed by atoms with Gasteiger partial charge in [-0.15, -0.1) is 0 Å². The van der Waals surface area contributed by atoms with Gasteiger partial charge in [0.05, 0.1) is 12.5 Å². The minimum absolute atomic E-state index is 0.212. The summed E-state index contributed by atoms with van der Waals surface area (Å²) < 4.78 is 4.76. The zero-order chi connectivity index (χ0) is 16.5. The summed E-state index contributed by atoms with van der Waals surface area (Å²) in [6, 6.07) is 10.5. The maximum Gasteiger partial charge on any atom is 0.306 e. The fourth-order valence-corrected chi connectivity index (χ4v) is 2.40. The highest BCUT2D eigenvalue weighted by Crippen LogP contribution is 2.36. The summed E-state index contributed by atoms with van der Waals surface area (Å²) >= 11 is 0. The van der Waals surface area contributed by atoms with Crippen LogP contribution in [0.3, 0.4) is 0 Å². The molecule has 1 N–H and O–H groups in total. The molecule has 0 amide bonds. The zero-order valence-electron chi connectivity index (χ0n) is 13.6. The molecule has 2 rings (SSSR count). The van der Waals surface area contributed by atoms with Crippen molar-refractivity contribution in [2.75, 3.05) is 6.61 Å². The third-order valence-corrected chi connectivity index (χ3v) is 3.81. The Morgan fingerprint density at radius 2 is 1.82 bits per heavy atom. The molecule has 1 saturated carbocycles. The lowest BCUT2D eigenvalue weighted by Gasteiger charge is -2.31. The molecule has 0 aromatic heterocycles. The average molecular weight is 306 g/mol. The van der Waals surface area contributed by atoms with Gasteiger partial charge in [-0.05, 0) is 37.2 Å². The Morgan fingerprint density at radius 1 is 1.23 bits per heavy atom. The maximum absolute atomic E-state index is 11.0. The number of rotatable bonds is 5. The van der Waals surface area contributed by atoms with E-state index in [2.05, 4.69) is 38.1 Å². The highest BCUT2D eigenvalue weighted by molar-refractivity contribution is 5.73. The van der Waals surface area contributed by atoms with Crippen LogP contribution in [0.1, 0.15) is 51.5 Å². The molecule has 0 bridgehead atoms. The fourth-order valence-electron chi connectivity index (χ4n) is 2.40. The number of carbonyl (C=O) groups excluding carboxylic acids is 1. The molecule has 0 atom stereocenters. The van der Waals surface area contributed by atoms with Gasteiger partial charge in [0.25, 0.3) is 0 Å². The van der Waals surface area contributed by atoms with Crippen LogP contribution in [0, 0.1) is 11.8 Å². The minimum atomic E-state index is -0.750. The first-order valence-electron chi connectivity index (χ1n) is 7.87. The van der Waals surface area contributed by atoms with Crippen LogP contribution in [0.5, 0.6) is 0 Å². The van der Waals surface area contributed by atoms with Crippen LogP contribution in [-0.2, 0) is 14.3 Å². The van der Waals surface area contributed by atoms with E-state index in [0.29, 0.717) is 31.8 Å². The van der Waals surface area contributed by atoms with Crippen molar-refractivity contribution < 1.29 is 19.4 Å². The van der Waals surface area contributed by atoms with E-state index in [4.69, 9.17) is 9.84 Å². The summed E-state index contributed by atoms with van der Waals surface area (Å²) in [4.78, 5) is 21.4. The standard InChI is InChI=1S/C9H14O4.C9H12/c1-2-13-8(10)5-6-3-7(4-6)9(11)12;1-8(2)9-6-4-3-5-7-9/h6-7H,2-5H2,1H3,(H,11,12);3-8H,1-2H3.